The Morgan fingerprint density at radius 1 is 0.968 bits per heavy atom. The summed E-state index contributed by atoms with van der Waals surface area (Å²) in [6.07, 6.45) is -0.886. The quantitative estimate of drug-likeness (QED) is 0.242. The normalized spacial score (nSPS) is 12.4. The van der Waals surface area contributed by atoms with Crippen molar-refractivity contribution in [3.05, 3.63) is 96.8 Å². The lowest BCUT2D eigenvalue weighted by Gasteiger charge is -2.13. The molecule has 5 nitrogen and oxygen atoms in total. The minimum absolute atomic E-state index is 0.159. The Morgan fingerprint density at radius 3 is 2.35 bits per heavy atom. The lowest BCUT2D eigenvalue weighted by Crippen LogP contribution is -2.27. The third-order valence-electron chi connectivity index (χ3n) is 5.10. The Kier molecular flexibility index (Phi) is 6.57. The largest absolute Gasteiger partial charge is 0.387 e. The van der Waals surface area contributed by atoms with E-state index in [0.717, 1.165) is 16.6 Å². The monoisotopic (exact) mass is 570 g/mol. The lowest BCUT2D eigenvalue weighted by molar-refractivity contribution is 0.156. The zero-order chi connectivity index (χ0) is 22.1. The van der Waals surface area contributed by atoms with E-state index in [1.165, 1.54) is 12.1 Å². The van der Waals surface area contributed by atoms with Crippen molar-refractivity contribution < 1.29 is 9.50 Å². The summed E-state index contributed by atoms with van der Waals surface area (Å²) in [6.45, 7) is 0.509. The zero-order valence-corrected chi connectivity index (χ0v) is 19.8. The third kappa shape index (κ3) is 4.45. The second-order valence-electron chi connectivity index (χ2n) is 7.03. The van der Waals surface area contributed by atoms with Crippen molar-refractivity contribution in [2.24, 2.45) is 0 Å². The number of hydrogen-bond donors (Lipinski definition) is 3. The van der Waals surface area contributed by atoms with Crippen molar-refractivity contribution >= 4 is 55.3 Å². The molecule has 0 radical (unpaired) electrons. The highest BCUT2D eigenvalue weighted by molar-refractivity contribution is 14.2. The summed E-state index contributed by atoms with van der Waals surface area (Å²) in [5.74, 6) is -0.353. The van der Waals surface area contributed by atoms with Crippen molar-refractivity contribution in [2.75, 3.05) is 0 Å². The number of para-hydroxylation sites is 2. The molecule has 0 saturated carbocycles. The van der Waals surface area contributed by atoms with E-state index in [2.05, 4.69) is 0 Å². The predicted octanol–water partition coefficient (Wildman–Crippen LogP) is 6.05. The summed E-state index contributed by atoms with van der Waals surface area (Å²) >= 11 is 11.0. The lowest BCUT2D eigenvalue weighted by atomic mass is 10.1. The van der Waals surface area contributed by atoms with E-state index < -0.39 is 27.1 Å². The third-order valence-corrected chi connectivity index (χ3v) is 7.43. The number of nitrogens with zero attached hydrogens (tertiary/aromatic N) is 2. The van der Waals surface area contributed by atoms with Crippen molar-refractivity contribution in [1.82, 2.24) is 9.13 Å². The molecule has 9 heteroatoms. The minimum Gasteiger partial charge on any atom is -0.387 e. The highest BCUT2D eigenvalue weighted by Crippen LogP contribution is 2.27. The summed E-state index contributed by atoms with van der Waals surface area (Å²) in [6, 6.07) is 17.0. The van der Waals surface area contributed by atoms with Crippen LogP contribution in [0.15, 0.2) is 60.7 Å². The van der Waals surface area contributed by atoms with Gasteiger partial charge in [0.25, 0.3) is 0 Å². The van der Waals surface area contributed by atoms with Gasteiger partial charge in [-0.1, -0.05) is 47.5 Å². The average Bonchev–Trinajstić information content (AvgIpc) is 3.02. The Balaban J connectivity index is 1.76. The van der Waals surface area contributed by atoms with Crippen LogP contribution in [0.3, 0.4) is 0 Å². The van der Waals surface area contributed by atoms with Crippen LogP contribution >= 0.6 is 44.2 Å². The van der Waals surface area contributed by atoms with E-state index >= 15 is 0 Å². The molecule has 160 valence electrons. The first kappa shape index (κ1) is 22.1. The van der Waals surface area contributed by atoms with E-state index in [9.17, 15) is 9.50 Å². The van der Waals surface area contributed by atoms with Gasteiger partial charge in [-0.3, -0.25) is 8.97 Å². The van der Waals surface area contributed by atoms with Gasteiger partial charge in [-0.25, -0.2) is 4.39 Å². The molecule has 0 fully saturated rings. The summed E-state index contributed by atoms with van der Waals surface area (Å²) in [4.78, 5) is 0. The van der Waals surface area contributed by atoms with Crippen molar-refractivity contribution in [1.29, 1.82) is 8.97 Å². The molecule has 0 amide bonds. The fourth-order valence-electron chi connectivity index (χ4n) is 3.55. The first-order chi connectivity index (χ1) is 14.9. The maximum atomic E-state index is 13.6. The van der Waals surface area contributed by atoms with Crippen LogP contribution in [0.5, 0.6) is 0 Å². The molecule has 3 N–H and O–H groups in total. The molecule has 0 aliphatic carbocycles. The minimum atomic E-state index is -1.06. The van der Waals surface area contributed by atoms with Gasteiger partial charge in [0.1, 0.15) is 5.82 Å². The molecule has 0 spiro atoms. The number of aromatic nitrogens is 2. The Hall–Kier alpha value is -2.07. The predicted molar refractivity (Wildman–Crippen MR) is 128 cm³/mol. The highest BCUT2D eigenvalue weighted by Gasteiger charge is 2.17. The first-order valence-electron chi connectivity index (χ1n) is 9.33. The van der Waals surface area contributed by atoms with E-state index in [-0.39, 0.29) is 18.0 Å². The van der Waals surface area contributed by atoms with Gasteiger partial charge in [0.15, 0.2) is 0 Å². The van der Waals surface area contributed by atoms with Crippen molar-refractivity contribution in [2.45, 2.75) is 19.2 Å². The molecule has 1 aromatic heterocycles. The van der Waals surface area contributed by atoms with E-state index in [0.29, 0.717) is 25.7 Å². The summed E-state index contributed by atoms with van der Waals surface area (Å²) < 4.78 is 25.7. The van der Waals surface area contributed by atoms with E-state index in [4.69, 9.17) is 32.2 Å². The molecule has 0 bridgehead atoms. The summed E-state index contributed by atoms with van der Waals surface area (Å²) in [5.41, 5.74) is 3.27. The SMILES string of the molecule is N=Ic1cc(F)ccc1Cn1c(=N)n(CC(O)c2ccc(Cl)c(Cl)c2)c2ccccc21. The first-order valence-corrected chi connectivity index (χ1v) is 12.2. The van der Waals surface area contributed by atoms with Crippen LogP contribution in [0, 0.1) is 18.4 Å². The Labute approximate surface area is 198 Å². The number of imidazole rings is 1. The van der Waals surface area contributed by atoms with Crippen LogP contribution in [-0.4, -0.2) is 14.2 Å². The zero-order valence-electron chi connectivity index (χ0n) is 16.1. The number of aliphatic hydroxyl groups excluding tert-OH is 1. The fraction of sp³-hybridized carbons (Fsp3) is 0.136. The number of halogens is 4. The number of aliphatic hydroxyl groups is 1. The second kappa shape index (κ2) is 9.20. The van der Waals surface area contributed by atoms with Crippen molar-refractivity contribution in [3.63, 3.8) is 0 Å². The van der Waals surface area contributed by atoms with Crippen LogP contribution in [0.25, 0.3) is 11.0 Å². The fourth-order valence-corrected chi connectivity index (χ4v) is 5.00. The topological polar surface area (TPSA) is 77.8 Å². The van der Waals surface area contributed by atoms with Gasteiger partial charge in [-0.2, -0.15) is 0 Å². The highest BCUT2D eigenvalue weighted by atomic mass is 127. The van der Waals surface area contributed by atoms with Crippen LogP contribution < -0.4 is 5.62 Å². The van der Waals surface area contributed by atoms with Crippen molar-refractivity contribution in [3.8, 4) is 0 Å². The number of nitrogens with one attached hydrogen (secondary N) is 2. The molecule has 1 heterocycles. The molecule has 31 heavy (non-hydrogen) atoms. The number of benzene rings is 3. The number of rotatable bonds is 6. The maximum Gasteiger partial charge on any atom is 0.203 e. The molecule has 4 aromatic rings. The molecular weight excluding hydrogens is 553 g/mol. The average molecular weight is 571 g/mol. The van der Waals surface area contributed by atoms with Gasteiger partial charge in [0, 0.05) is 24.6 Å². The van der Waals surface area contributed by atoms with Gasteiger partial charge >= 0.3 is 0 Å². The molecule has 3 aromatic carbocycles. The molecule has 4 rings (SSSR count). The maximum absolute atomic E-state index is 13.6. The van der Waals surface area contributed by atoms with Gasteiger partial charge in [0.2, 0.25) is 5.62 Å². The van der Waals surface area contributed by atoms with E-state index in [1.54, 1.807) is 28.8 Å². The number of hydrogen-bond acceptors (Lipinski definition) is 3. The van der Waals surface area contributed by atoms with Crippen LogP contribution in [0.4, 0.5) is 4.39 Å². The Bertz CT molecular complexity index is 1350. The molecule has 1 unspecified atom stereocenters. The molecule has 1 atom stereocenters. The summed E-state index contributed by atoms with van der Waals surface area (Å²) in [5, 5.41) is 20.4. The molecule has 0 aliphatic rings. The Morgan fingerprint density at radius 2 is 1.68 bits per heavy atom. The molecule has 0 aliphatic heterocycles. The van der Waals surface area contributed by atoms with Gasteiger partial charge < -0.3 is 14.2 Å². The van der Waals surface area contributed by atoms with Gasteiger partial charge in [-0.15, -0.1) is 0 Å². The van der Waals surface area contributed by atoms with Crippen LogP contribution in [0.1, 0.15) is 17.2 Å². The van der Waals surface area contributed by atoms with E-state index in [1.807, 2.05) is 28.8 Å². The van der Waals surface area contributed by atoms with Gasteiger partial charge in [-0.05, 0) is 47.5 Å². The summed E-state index contributed by atoms with van der Waals surface area (Å²) in [7, 11) is 0. The smallest absolute Gasteiger partial charge is 0.203 e. The molecular formula is C22H18Cl2FIN4O. The van der Waals surface area contributed by atoms with Crippen LogP contribution in [-0.2, 0) is 13.1 Å². The number of fused-ring (bicyclic) bond motifs is 1. The van der Waals surface area contributed by atoms with Crippen LogP contribution in [0.2, 0.25) is 10.0 Å². The molecule has 0 saturated heterocycles. The van der Waals surface area contributed by atoms with Gasteiger partial charge in [0.05, 0.1) is 40.3 Å². The second-order valence-corrected chi connectivity index (χ2v) is 9.54. The standard InChI is InChI=1S/C22H18Cl2FIN4O/c23-16-8-6-13(9-17(16)24)21(31)12-30-20-4-2-1-3-19(20)29(22(30)27)11-14-5-7-15(25)10-18(14)26-28/h1-10,21,27-28,31H,11-12H2.